The number of likely N-dealkylation sites (tertiary alicyclic amines) is 1. The zero-order chi connectivity index (χ0) is 23.3. The molecular weight excluding hydrogens is 472 g/mol. The van der Waals surface area contributed by atoms with Crippen LogP contribution in [0.15, 0.2) is 42.6 Å². The SMILES string of the molecule is Nc1c(C(=O)N2CCC[C@@]3(C2)OC(=O)Nc2ccc(Cl)c(F)c23)cnn1-c1cccc(Cl)c1. The van der Waals surface area contributed by atoms with Crippen molar-refractivity contribution in [3.8, 4) is 5.69 Å². The van der Waals surface area contributed by atoms with Crippen LogP contribution in [0, 0.1) is 5.82 Å². The van der Waals surface area contributed by atoms with Crippen LogP contribution in [0.1, 0.15) is 28.8 Å². The zero-order valence-corrected chi connectivity index (χ0v) is 18.7. The number of nitrogens with zero attached hydrogens (tertiary/aromatic N) is 3. The Morgan fingerprint density at radius 3 is 2.88 bits per heavy atom. The molecule has 0 saturated carbocycles. The summed E-state index contributed by atoms with van der Waals surface area (Å²) in [7, 11) is 0. The molecule has 2 aliphatic heterocycles. The second-order valence-corrected chi connectivity index (χ2v) is 8.80. The minimum Gasteiger partial charge on any atom is -0.436 e. The van der Waals surface area contributed by atoms with Gasteiger partial charge in [0, 0.05) is 11.6 Å². The monoisotopic (exact) mass is 489 g/mol. The number of hydrogen-bond acceptors (Lipinski definition) is 5. The topological polar surface area (TPSA) is 102 Å². The summed E-state index contributed by atoms with van der Waals surface area (Å²) < 4.78 is 22.1. The van der Waals surface area contributed by atoms with Gasteiger partial charge in [0.1, 0.15) is 11.4 Å². The van der Waals surface area contributed by atoms with Crippen LogP contribution in [0.5, 0.6) is 0 Å². The number of piperidine rings is 1. The van der Waals surface area contributed by atoms with E-state index in [1.54, 1.807) is 24.3 Å². The standard InChI is InChI=1S/C22H18Cl2FN5O3/c23-12-3-1-4-13(9-12)30-19(26)14(10-27-30)20(31)29-8-2-7-22(11-29)17-16(28-21(32)33-22)6-5-15(24)18(17)25/h1,3-6,9-10H,2,7-8,11,26H2,(H,28,32)/t22-/m0/s1. The molecule has 1 fully saturated rings. The van der Waals surface area contributed by atoms with E-state index in [0.717, 1.165) is 0 Å². The maximum atomic E-state index is 15.1. The molecule has 1 aromatic heterocycles. The number of rotatable bonds is 2. The van der Waals surface area contributed by atoms with E-state index in [1.807, 2.05) is 0 Å². The fraction of sp³-hybridized carbons (Fsp3) is 0.227. The summed E-state index contributed by atoms with van der Waals surface area (Å²) in [5.41, 5.74) is 6.07. The van der Waals surface area contributed by atoms with Gasteiger partial charge in [0.05, 0.1) is 34.7 Å². The highest BCUT2D eigenvalue weighted by Gasteiger charge is 2.48. The largest absolute Gasteiger partial charge is 0.436 e. The Bertz CT molecular complexity index is 1300. The van der Waals surface area contributed by atoms with Gasteiger partial charge in [-0.05, 0) is 43.2 Å². The molecule has 2 aromatic carbocycles. The number of amides is 2. The first-order chi connectivity index (χ1) is 15.8. The van der Waals surface area contributed by atoms with E-state index >= 15 is 4.39 Å². The Kier molecular flexibility index (Phi) is 5.18. The highest BCUT2D eigenvalue weighted by Crippen LogP contribution is 2.45. The molecule has 3 heterocycles. The van der Waals surface area contributed by atoms with Crippen molar-refractivity contribution in [2.75, 3.05) is 24.1 Å². The number of fused-ring (bicyclic) bond motifs is 2. The molecule has 8 nitrogen and oxygen atoms in total. The first-order valence-corrected chi connectivity index (χ1v) is 10.9. The van der Waals surface area contributed by atoms with E-state index in [-0.39, 0.29) is 34.2 Å². The fourth-order valence-corrected chi connectivity index (χ4v) is 4.80. The van der Waals surface area contributed by atoms with Gasteiger partial charge in [-0.2, -0.15) is 5.10 Å². The van der Waals surface area contributed by atoms with E-state index in [1.165, 1.54) is 27.9 Å². The molecule has 5 rings (SSSR count). The van der Waals surface area contributed by atoms with Gasteiger partial charge in [-0.15, -0.1) is 0 Å². The minimum atomic E-state index is -1.36. The van der Waals surface area contributed by atoms with Crippen LogP contribution in [0.4, 0.5) is 20.7 Å². The number of hydrogen-bond donors (Lipinski definition) is 2. The lowest BCUT2D eigenvalue weighted by molar-refractivity contribution is -0.0418. The summed E-state index contributed by atoms with van der Waals surface area (Å²) in [5.74, 6) is -0.950. The lowest BCUT2D eigenvalue weighted by atomic mass is 9.83. The van der Waals surface area contributed by atoms with Gasteiger partial charge in [0.2, 0.25) is 0 Å². The highest BCUT2D eigenvalue weighted by atomic mass is 35.5. The molecule has 3 N–H and O–H groups in total. The number of aromatic nitrogens is 2. The van der Waals surface area contributed by atoms with E-state index in [0.29, 0.717) is 30.1 Å². The number of benzene rings is 2. The quantitative estimate of drug-likeness (QED) is 0.547. The second kappa shape index (κ2) is 7.93. The van der Waals surface area contributed by atoms with Gasteiger partial charge in [-0.25, -0.2) is 13.9 Å². The maximum Gasteiger partial charge on any atom is 0.412 e. The van der Waals surface area contributed by atoms with Gasteiger partial charge in [-0.1, -0.05) is 29.3 Å². The number of carbonyl (C=O) groups excluding carboxylic acids is 2. The normalized spacial score (nSPS) is 19.7. The van der Waals surface area contributed by atoms with Crippen LogP contribution in [0.25, 0.3) is 5.69 Å². The Hall–Kier alpha value is -3.30. The van der Waals surface area contributed by atoms with Crippen molar-refractivity contribution < 1.29 is 18.7 Å². The lowest BCUT2D eigenvalue weighted by Gasteiger charge is -2.45. The zero-order valence-electron chi connectivity index (χ0n) is 17.1. The number of nitrogen functional groups attached to an aromatic ring is 1. The van der Waals surface area contributed by atoms with Crippen LogP contribution in [0.2, 0.25) is 10.0 Å². The van der Waals surface area contributed by atoms with Crippen molar-refractivity contribution in [1.29, 1.82) is 0 Å². The first-order valence-electron chi connectivity index (χ1n) is 10.2. The molecule has 2 amide bonds. The van der Waals surface area contributed by atoms with Crippen LogP contribution < -0.4 is 11.1 Å². The van der Waals surface area contributed by atoms with Gasteiger partial charge < -0.3 is 15.4 Å². The maximum absolute atomic E-state index is 15.1. The molecule has 1 saturated heterocycles. The molecular formula is C22H18Cl2FN5O3. The second-order valence-electron chi connectivity index (χ2n) is 7.96. The van der Waals surface area contributed by atoms with Gasteiger partial charge in [0.15, 0.2) is 11.4 Å². The smallest absolute Gasteiger partial charge is 0.412 e. The van der Waals surface area contributed by atoms with E-state index < -0.39 is 23.4 Å². The van der Waals surface area contributed by atoms with E-state index in [4.69, 9.17) is 33.7 Å². The molecule has 1 atom stereocenters. The van der Waals surface area contributed by atoms with E-state index in [2.05, 4.69) is 10.4 Å². The summed E-state index contributed by atoms with van der Waals surface area (Å²) in [6.07, 6.45) is 1.48. The highest BCUT2D eigenvalue weighted by molar-refractivity contribution is 6.31. The summed E-state index contributed by atoms with van der Waals surface area (Å²) in [5, 5.41) is 7.14. The van der Waals surface area contributed by atoms with Crippen molar-refractivity contribution in [2.45, 2.75) is 18.4 Å². The predicted molar refractivity (Wildman–Crippen MR) is 121 cm³/mol. The molecule has 170 valence electrons. The Morgan fingerprint density at radius 2 is 2.09 bits per heavy atom. The third kappa shape index (κ3) is 3.57. The third-order valence-electron chi connectivity index (χ3n) is 5.91. The first kappa shape index (κ1) is 21.5. The molecule has 33 heavy (non-hydrogen) atoms. The van der Waals surface area contributed by atoms with Crippen LogP contribution in [0.3, 0.4) is 0 Å². The summed E-state index contributed by atoms with van der Waals surface area (Å²) in [6.45, 7) is 0.330. The molecule has 0 radical (unpaired) electrons. The summed E-state index contributed by atoms with van der Waals surface area (Å²) in [6, 6.07) is 9.79. The van der Waals surface area contributed by atoms with Crippen molar-refractivity contribution in [1.82, 2.24) is 14.7 Å². The molecule has 11 heteroatoms. The number of nitrogens with two attached hydrogens (primary N) is 1. The van der Waals surface area contributed by atoms with Gasteiger partial charge in [-0.3, -0.25) is 10.1 Å². The summed E-state index contributed by atoms with van der Waals surface area (Å²) >= 11 is 12.1. The van der Waals surface area contributed by atoms with Crippen molar-refractivity contribution in [2.24, 2.45) is 0 Å². The molecule has 0 aliphatic carbocycles. The number of halogens is 3. The predicted octanol–water partition coefficient (Wildman–Crippen LogP) is 4.59. The summed E-state index contributed by atoms with van der Waals surface area (Å²) in [4.78, 5) is 27.1. The lowest BCUT2D eigenvalue weighted by Crippen LogP contribution is -2.53. The molecule has 1 spiro atoms. The number of ether oxygens (including phenoxy) is 1. The van der Waals surface area contributed by atoms with Crippen LogP contribution in [-0.4, -0.2) is 39.8 Å². The molecule has 3 aromatic rings. The molecule has 0 unspecified atom stereocenters. The Balaban J connectivity index is 1.49. The fourth-order valence-electron chi connectivity index (χ4n) is 4.45. The molecule has 2 aliphatic rings. The number of anilines is 2. The van der Waals surface area contributed by atoms with Crippen molar-refractivity contribution >= 4 is 46.7 Å². The van der Waals surface area contributed by atoms with Crippen LogP contribution >= 0.6 is 23.2 Å². The van der Waals surface area contributed by atoms with Gasteiger partial charge >= 0.3 is 6.09 Å². The van der Waals surface area contributed by atoms with Gasteiger partial charge in [0.25, 0.3) is 5.91 Å². The average Bonchev–Trinajstić information content (AvgIpc) is 3.17. The van der Waals surface area contributed by atoms with Crippen molar-refractivity contribution in [3.05, 3.63) is 69.6 Å². The number of nitrogens with one attached hydrogen (secondary N) is 1. The Morgan fingerprint density at radius 1 is 1.27 bits per heavy atom. The third-order valence-corrected chi connectivity index (χ3v) is 6.43. The number of carbonyl (C=O) groups is 2. The van der Waals surface area contributed by atoms with Crippen molar-refractivity contribution in [3.63, 3.8) is 0 Å². The van der Waals surface area contributed by atoms with Crippen LogP contribution in [-0.2, 0) is 10.3 Å². The Labute approximate surface area is 198 Å². The molecule has 0 bridgehead atoms. The average molecular weight is 490 g/mol. The minimum absolute atomic E-state index is 0.0503. The van der Waals surface area contributed by atoms with E-state index in [9.17, 15) is 9.59 Å².